The van der Waals surface area contributed by atoms with Crippen LogP contribution in [0.4, 0.5) is 0 Å². The van der Waals surface area contributed by atoms with E-state index in [9.17, 15) is 4.79 Å². The number of nitrogens with zero attached hydrogens (tertiary/aromatic N) is 1. The molecule has 0 aliphatic rings. The predicted octanol–water partition coefficient (Wildman–Crippen LogP) is 0.391. The highest BCUT2D eigenvalue weighted by Crippen LogP contribution is 2.01. The van der Waals surface area contributed by atoms with Crippen LogP contribution >= 0.6 is 0 Å². The van der Waals surface area contributed by atoms with E-state index in [0.29, 0.717) is 6.42 Å². The highest BCUT2D eigenvalue weighted by molar-refractivity contribution is 5.73. The minimum absolute atomic E-state index is 0.387. The molecule has 2 N–H and O–H groups in total. The largest absolute Gasteiger partial charge is 0.480 e. The van der Waals surface area contributed by atoms with Gasteiger partial charge in [-0.2, -0.15) is 0 Å². The van der Waals surface area contributed by atoms with Crippen LogP contribution in [-0.2, 0) is 4.79 Å². The number of hydrogen-bond donors (Lipinski definition) is 2. The Morgan fingerprint density at radius 1 is 1.46 bits per heavy atom. The van der Waals surface area contributed by atoms with Gasteiger partial charge in [0.05, 0.1) is 0 Å². The molecule has 78 valence electrons. The topological polar surface area (TPSA) is 52.6 Å². The van der Waals surface area contributed by atoms with Crippen molar-refractivity contribution < 1.29 is 9.90 Å². The fourth-order valence-electron chi connectivity index (χ4n) is 1.17. The Balaban J connectivity index is 3.44. The summed E-state index contributed by atoms with van der Waals surface area (Å²) in [5.41, 5.74) is 0. The van der Waals surface area contributed by atoms with E-state index >= 15 is 0 Å². The fraction of sp³-hybridized carbons (Fsp3) is 0.889. The molecule has 0 radical (unpaired) electrons. The number of carbonyl (C=O) groups is 1. The van der Waals surface area contributed by atoms with Crippen LogP contribution in [0.2, 0.25) is 0 Å². The SMILES string of the molecule is CN[C@@H](CCCCN(C)C)C(=O)O. The molecule has 0 aromatic rings. The molecule has 0 saturated heterocycles. The second kappa shape index (κ2) is 6.86. The molecule has 0 aromatic heterocycles. The fourth-order valence-corrected chi connectivity index (χ4v) is 1.17. The lowest BCUT2D eigenvalue weighted by Crippen LogP contribution is -2.33. The van der Waals surface area contributed by atoms with E-state index in [1.165, 1.54) is 0 Å². The summed E-state index contributed by atoms with van der Waals surface area (Å²) in [4.78, 5) is 12.7. The highest BCUT2D eigenvalue weighted by Gasteiger charge is 2.13. The van der Waals surface area contributed by atoms with Crippen molar-refractivity contribution in [2.75, 3.05) is 27.7 Å². The second-order valence-electron chi connectivity index (χ2n) is 3.48. The van der Waals surface area contributed by atoms with Crippen LogP contribution in [0.3, 0.4) is 0 Å². The summed E-state index contributed by atoms with van der Waals surface area (Å²) < 4.78 is 0. The van der Waals surface area contributed by atoms with E-state index in [1.54, 1.807) is 7.05 Å². The summed E-state index contributed by atoms with van der Waals surface area (Å²) in [7, 11) is 5.73. The third-order valence-electron chi connectivity index (χ3n) is 1.99. The van der Waals surface area contributed by atoms with Crippen molar-refractivity contribution in [2.45, 2.75) is 25.3 Å². The summed E-state index contributed by atoms with van der Waals surface area (Å²) in [6.07, 6.45) is 2.72. The standard InChI is InChI=1S/C9H20N2O2/c1-10-8(9(12)13)6-4-5-7-11(2)3/h8,10H,4-7H2,1-3H3,(H,12,13)/t8-/m0/s1. The molecule has 0 spiro atoms. The van der Waals surface area contributed by atoms with Gasteiger partial charge in [-0.15, -0.1) is 0 Å². The first-order chi connectivity index (χ1) is 6.07. The van der Waals surface area contributed by atoms with Gasteiger partial charge in [-0.25, -0.2) is 0 Å². The minimum Gasteiger partial charge on any atom is -0.480 e. The Morgan fingerprint density at radius 3 is 2.46 bits per heavy atom. The van der Waals surface area contributed by atoms with Crippen molar-refractivity contribution in [1.82, 2.24) is 10.2 Å². The lowest BCUT2D eigenvalue weighted by molar-refractivity contribution is -0.139. The molecule has 0 heterocycles. The molecule has 0 aromatic carbocycles. The van der Waals surface area contributed by atoms with Gasteiger partial charge in [0.15, 0.2) is 0 Å². The lowest BCUT2D eigenvalue weighted by Gasteiger charge is -2.12. The summed E-state index contributed by atoms with van der Waals surface area (Å²) in [5, 5.41) is 11.5. The lowest BCUT2D eigenvalue weighted by atomic mass is 10.1. The van der Waals surface area contributed by atoms with Gasteiger partial charge < -0.3 is 15.3 Å². The average Bonchev–Trinajstić information content (AvgIpc) is 2.03. The van der Waals surface area contributed by atoms with Crippen molar-refractivity contribution in [3.8, 4) is 0 Å². The van der Waals surface area contributed by atoms with Crippen LogP contribution < -0.4 is 5.32 Å². The molecular formula is C9H20N2O2. The van der Waals surface area contributed by atoms with Crippen LogP contribution in [0.5, 0.6) is 0 Å². The number of unbranched alkanes of at least 4 members (excludes halogenated alkanes) is 1. The Morgan fingerprint density at radius 2 is 2.08 bits per heavy atom. The molecule has 0 saturated carbocycles. The second-order valence-corrected chi connectivity index (χ2v) is 3.48. The van der Waals surface area contributed by atoms with Crippen molar-refractivity contribution in [3.05, 3.63) is 0 Å². The molecule has 4 heteroatoms. The highest BCUT2D eigenvalue weighted by atomic mass is 16.4. The molecule has 13 heavy (non-hydrogen) atoms. The average molecular weight is 188 g/mol. The minimum atomic E-state index is -0.757. The van der Waals surface area contributed by atoms with Crippen LogP contribution in [0.15, 0.2) is 0 Å². The van der Waals surface area contributed by atoms with Gasteiger partial charge in [-0.3, -0.25) is 4.79 Å². The molecule has 0 amide bonds. The van der Waals surface area contributed by atoms with Gasteiger partial charge in [0.1, 0.15) is 6.04 Å². The van der Waals surface area contributed by atoms with Crippen LogP contribution in [0.1, 0.15) is 19.3 Å². The van der Waals surface area contributed by atoms with E-state index in [1.807, 2.05) is 14.1 Å². The Kier molecular flexibility index (Phi) is 6.54. The molecule has 0 fully saturated rings. The number of rotatable bonds is 7. The van der Waals surface area contributed by atoms with Gasteiger partial charge in [-0.05, 0) is 40.5 Å². The third kappa shape index (κ3) is 6.54. The summed E-state index contributed by atoms with van der Waals surface area (Å²) in [5.74, 6) is -0.757. The maximum absolute atomic E-state index is 10.6. The number of nitrogens with one attached hydrogen (secondary N) is 1. The maximum atomic E-state index is 10.6. The summed E-state index contributed by atoms with van der Waals surface area (Å²) >= 11 is 0. The number of aliphatic carboxylic acids is 1. The zero-order chi connectivity index (χ0) is 10.3. The zero-order valence-electron chi connectivity index (χ0n) is 8.71. The summed E-state index contributed by atoms with van der Waals surface area (Å²) in [6, 6.07) is -0.387. The monoisotopic (exact) mass is 188 g/mol. The Labute approximate surface area is 79.9 Å². The van der Waals surface area contributed by atoms with E-state index in [-0.39, 0.29) is 6.04 Å². The molecular weight excluding hydrogens is 168 g/mol. The molecule has 0 bridgehead atoms. The van der Waals surface area contributed by atoms with Crippen LogP contribution in [0.25, 0.3) is 0 Å². The van der Waals surface area contributed by atoms with E-state index in [0.717, 1.165) is 19.4 Å². The molecule has 0 aliphatic carbocycles. The van der Waals surface area contributed by atoms with Gasteiger partial charge in [0.25, 0.3) is 0 Å². The normalized spacial score (nSPS) is 13.2. The quantitative estimate of drug-likeness (QED) is 0.567. The van der Waals surface area contributed by atoms with Gasteiger partial charge in [-0.1, -0.05) is 6.42 Å². The number of likely N-dealkylation sites (N-methyl/N-ethyl adjacent to an activating group) is 1. The number of hydrogen-bond acceptors (Lipinski definition) is 3. The molecule has 0 aliphatic heterocycles. The predicted molar refractivity (Wildman–Crippen MR) is 52.9 cm³/mol. The zero-order valence-corrected chi connectivity index (χ0v) is 8.71. The van der Waals surface area contributed by atoms with E-state index in [4.69, 9.17) is 5.11 Å². The molecule has 0 rings (SSSR count). The first-order valence-electron chi connectivity index (χ1n) is 4.62. The van der Waals surface area contributed by atoms with E-state index < -0.39 is 5.97 Å². The van der Waals surface area contributed by atoms with Gasteiger partial charge >= 0.3 is 5.97 Å². The number of carboxylic acid groups (broad SMARTS) is 1. The van der Waals surface area contributed by atoms with Gasteiger partial charge in [0.2, 0.25) is 0 Å². The van der Waals surface area contributed by atoms with Crippen molar-refractivity contribution in [1.29, 1.82) is 0 Å². The third-order valence-corrected chi connectivity index (χ3v) is 1.99. The molecule has 1 atom stereocenters. The van der Waals surface area contributed by atoms with E-state index in [2.05, 4.69) is 10.2 Å². The van der Waals surface area contributed by atoms with Crippen LogP contribution in [-0.4, -0.2) is 49.7 Å². The summed E-state index contributed by atoms with van der Waals surface area (Å²) in [6.45, 7) is 1.02. The smallest absolute Gasteiger partial charge is 0.320 e. The first kappa shape index (κ1) is 12.4. The Hall–Kier alpha value is -0.610. The number of carboxylic acids is 1. The van der Waals surface area contributed by atoms with Crippen molar-refractivity contribution >= 4 is 5.97 Å². The van der Waals surface area contributed by atoms with Crippen molar-refractivity contribution in [2.24, 2.45) is 0 Å². The molecule has 4 nitrogen and oxygen atoms in total. The maximum Gasteiger partial charge on any atom is 0.320 e. The van der Waals surface area contributed by atoms with Gasteiger partial charge in [0, 0.05) is 0 Å². The van der Waals surface area contributed by atoms with Crippen molar-refractivity contribution in [3.63, 3.8) is 0 Å². The molecule has 0 unspecified atom stereocenters. The van der Waals surface area contributed by atoms with Crippen LogP contribution in [0, 0.1) is 0 Å². The first-order valence-corrected chi connectivity index (χ1v) is 4.62. The Bertz CT molecular complexity index is 149.